The van der Waals surface area contributed by atoms with Crippen molar-refractivity contribution < 1.29 is 18.8 Å². The molecule has 1 saturated heterocycles. The number of nitrogens with one attached hydrogen (secondary N) is 1. The van der Waals surface area contributed by atoms with Crippen LogP contribution in [0.4, 0.5) is 10.1 Å². The van der Waals surface area contributed by atoms with Gasteiger partial charge in [-0.05, 0) is 48.4 Å². The summed E-state index contributed by atoms with van der Waals surface area (Å²) in [6, 6.07) is 19.4. The van der Waals surface area contributed by atoms with E-state index in [1.807, 2.05) is 54.9 Å². The first-order valence-electron chi connectivity index (χ1n) is 15.0. The molecular weight excluding hydrogens is 601 g/mol. The third-order valence-corrected chi connectivity index (χ3v) is 8.61. The van der Waals surface area contributed by atoms with E-state index in [1.165, 1.54) is 9.58 Å². The van der Waals surface area contributed by atoms with E-state index < -0.39 is 29.9 Å². The molecule has 1 aliphatic rings. The molecule has 2 atom stereocenters. The summed E-state index contributed by atoms with van der Waals surface area (Å²) in [6.45, 7) is 1.43. The van der Waals surface area contributed by atoms with Crippen molar-refractivity contribution in [3.05, 3.63) is 90.4 Å². The van der Waals surface area contributed by atoms with Gasteiger partial charge in [0.25, 0.3) is 5.91 Å². The summed E-state index contributed by atoms with van der Waals surface area (Å²) >= 11 is 0. The van der Waals surface area contributed by atoms with Crippen LogP contribution < -0.4 is 11.1 Å². The third kappa shape index (κ3) is 5.35. The maximum Gasteiger partial charge on any atom is 0.269 e. The minimum atomic E-state index is -1.39. The van der Waals surface area contributed by atoms with Gasteiger partial charge in [-0.2, -0.15) is 15.3 Å². The van der Waals surface area contributed by atoms with Gasteiger partial charge in [0.2, 0.25) is 11.8 Å². The fraction of sp³-hybridized carbons (Fsp3) is 0.206. The summed E-state index contributed by atoms with van der Waals surface area (Å²) in [6.07, 6.45) is 1.60. The highest BCUT2D eigenvalue weighted by Gasteiger charge is 2.40. The highest BCUT2D eigenvalue weighted by Crippen LogP contribution is 2.31. The Hall–Kier alpha value is -5.98. The van der Waals surface area contributed by atoms with Gasteiger partial charge in [-0.3, -0.25) is 19.1 Å². The maximum atomic E-state index is 14.8. The number of imidazole rings is 1. The first kappa shape index (κ1) is 29.7. The number of carbonyl (C=O) groups is 3. The van der Waals surface area contributed by atoms with Crippen LogP contribution in [0.2, 0.25) is 0 Å². The van der Waals surface area contributed by atoms with Crippen LogP contribution in [-0.2, 0) is 23.2 Å². The smallest absolute Gasteiger partial charge is 0.269 e. The maximum absolute atomic E-state index is 14.8. The highest BCUT2D eigenvalue weighted by atomic mass is 19.1. The largest absolute Gasteiger partial charge is 0.364 e. The molecule has 6 aromatic rings. The first-order valence-corrected chi connectivity index (χ1v) is 15.0. The molecule has 4 heterocycles. The van der Waals surface area contributed by atoms with Gasteiger partial charge in [-0.15, -0.1) is 0 Å². The number of rotatable bonds is 7. The summed E-state index contributed by atoms with van der Waals surface area (Å²) in [5, 5.41) is 15.4. The normalized spacial score (nSPS) is 16.2. The molecule has 0 spiro atoms. The number of aromatic nitrogens is 6. The molecule has 0 radical (unpaired) electrons. The number of fused-ring (bicyclic) bond motifs is 2. The fourth-order valence-corrected chi connectivity index (χ4v) is 6.25. The molecule has 3 aromatic carbocycles. The van der Waals surface area contributed by atoms with Crippen molar-refractivity contribution in [2.24, 2.45) is 12.8 Å². The Kier molecular flexibility index (Phi) is 7.43. The van der Waals surface area contributed by atoms with E-state index in [0.29, 0.717) is 22.1 Å². The Balaban J connectivity index is 1.15. The van der Waals surface area contributed by atoms with Crippen LogP contribution >= 0.6 is 0 Å². The van der Waals surface area contributed by atoms with Gasteiger partial charge in [0.05, 0.1) is 35.7 Å². The molecule has 0 bridgehead atoms. The summed E-state index contributed by atoms with van der Waals surface area (Å²) < 4.78 is 18.2. The van der Waals surface area contributed by atoms with Crippen molar-refractivity contribution in [2.45, 2.75) is 32.1 Å². The Morgan fingerprint density at radius 1 is 1.00 bits per heavy atom. The summed E-state index contributed by atoms with van der Waals surface area (Å²) in [5.41, 5.74) is 11.5. The van der Waals surface area contributed by atoms with Crippen molar-refractivity contribution in [1.29, 1.82) is 0 Å². The molecule has 0 aliphatic carbocycles. The van der Waals surface area contributed by atoms with E-state index in [9.17, 15) is 18.8 Å². The third-order valence-electron chi connectivity index (χ3n) is 8.61. The van der Waals surface area contributed by atoms with Crippen LogP contribution in [0.5, 0.6) is 0 Å². The monoisotopic (exact) mass is 631 g/mol. The second-order valence-electron chi connectivity index (χ2n) is 11.6. The second kappa shape index (κ2) is 11.7. The predicted octanol–water partition coefficient (Wildman–Crippen LogP) is 4.03. The lowest BCUT2D eigenvalue weighted by Gasteiger charge is -2.23. The molecule has 1 aliphatic heterocycles. The van der Waals surface area contributed by atoms with Crippen molar-refractivity contribution in [1.82, 2.24) is 34.4 Å². The number of benzene rings is 3. The zero-order valence-corrected chi connectivity index (χ0v) is 25.6. The highest BCUT2D eigenvalue weighted by molar-refractivity contribution is 6.06. The lowest BCUT2D eigenvalue weighted by molar-refractivity contribution is -0.137. The van der Waals surface area contributed by atoms with E-state index in [4.69, 9.17) is 10.7 Å². The van der Waals surface area contributed by atoms with E-state index >= 15 is 0 Å². The van der Waals surface area contributed by atoms with Crippen LogP contribution in [0.25, 0.3) is 44.5 Å². The summed E-state index contributed by atoms with van der Waals surface area (Å²) in [7, 11) is 1.91. The summed E-state index contributed by atoms with van der Waals surface area (Å²) in [5.74, 6) is -1.06. The van der Waals surface area contributed by atoms with Gasteiger partial charge >= 0.3 is 0 Å². The molecule has 47 heavy (non-hydrogen) atoms. The van der Waals surface area contributed by atoms with Crippen LogP contribution in [-0.4, -0.2) is 70.9 Å². The number of nitrogens with two attached hydrogens (primary N) is 1. The van der Waals surface area contributed by atoms with Crippen molar-refractivity contribution >= 4 is 45.3 Å². The Morgan fingerprint density at radius 2 is 1.83 bits per heavy atom. The number of primary amides is 1. The number of halogens is 1. The number of likely N-dealkylation sites (tertiary alicyclic amines) is 1. The average molecular weight is 632 g/mol. The lowest BCUT2D eigenvalue weighted by Crippen LogP contribution is -2.44. The minimum Gasteiger partial charge on any atom is -0.364 e. The fourth-order valence-electron chi connectivity index (χ4n) is 6.25. The number of alkyl halides is 1. The number of hydrogen-bond acceptors (Lipinski definition) is 7. The quantitative estimate of drug-likeness (QED) is 0.270. The number of aryl methyl sites for hydroxylation is 2. The molecule has 3 N–H and O–H groups in total. The number of para-hydroxylation sites is 1. The average Bonchev–Trinajstić information content (AvgIpc) is 3.75. The van der Waals surface area contributed by atoms with Gasteiger partial charge in [0.15, 0.2) is 5.69 Å². The number of anilines is 1. The van der Waals surface area contributed by atoms with Crippen molar-refractivity contribution in [3.8, 4) is 22.5 Å². The topological polar surface area (TPSA) is 154 Å². The van der Waals surface area contributed by atoms with Gasteiger partial charge in [-0.1, -0.05) is 36.4 Å². The molecule has 13 heteroatoms. The van der Waals surface area contributed by atoms with Crippen LogP contribution in [0.15, 0.2) is 79.1 Å². The molecule has 236 valence electrons. The summed E-state index contributed by atoms with van der Waals surface area (Å²) in [4.78, 5) is 45.7. The number of amides is 3. The van der Waals surface area contributed by atoms with Crippen molar-refractivity contribution in [2.75, 3.05) is 11.9 Å². The van der Waals surface area contributed by atoms with E-state index in [0.717, 1.165) is 33.6 Å². The zero-order valence-electron chi connectivity index (χ0n) is 25.6. The molecular formula is C34H30FN9O3. The predicted molar refractivity (Wildman–Crippen MR) is 174 cm³/mol. The SMILES string of the molecule is Cc1ccccc1-c1nc2c(NC(=O)C3CC(F)CN3C(=O)Cn3nc(C(N)=O)c4cc(-c5ccnnc5)ccc43)cccc2n1C. The Morgan fingerprint density at radius 3 is 2.60 bits per heavy atom. The van der Waals surface area contributed by atoms with E-state index in [1.54, 1.807) is 42.7 Å². The molecule has 3 aromatic heterocycles. The Bertz CT molecular complexity index is 2190. The minimum absolute atomic E-state index is 0.00994. The van der Waals surface area contributed by atoms with Crippen LogP contribution in [0.1, 0.15) is 22.5 Å². The number of nitrogens with zero attached hydrogens (tertiary/aromatic N) is 7. The molecule has 7 rings (SSSR count). The number of hydrogen-bond donors (Lipinski definition) is 2. The second-order valence-corrected chi connectivity index (χ2v) is 11.6. The van der Waals surface area contributed by atoms with Gasteiger partial charge in [0, 0.05) is 30.0 Å². The van der Waals surface area contributed by atoms with Gasteiger partial charge < -0.3 is 20.5 Å². The van der Waals surface area contributed by atoms with E-state index in [2.05, 4.69) is 20.6 Å². The van der Waals surface area contributed by atoms with E-state index in [-0.39, 0.29) is 25.2 Å². The van der Waals surface area contributed by atoms with Crippen LogP contribution in [0, 0.1) is 6.92 Å². The standard InChI is InChI=1S/C34H30FN9O3/c1-19-6-3-4-7-23(19)33-40-31-25(8-5-9-27(31)42(33)2)39-34(47)28-15-22(35)17-43(28)29(45)18-44-26-11-10-20(21-12-13-37-38-16-21)14-24(26)30(41-44)32(36)46/h3-14,16,22,28H,15,17-18H2,1-2H3,(H2,36,46)(H,39,47). The molecule has 12 nitrogen and oxygen atoms in total. The first-order chi connectivity index (χ1) is 22.7. The molecule has 0 saturated carbocycles. The van der Waals surface area contributed by atoms with Gasteiger partial charge in [-0.25, -0.2) is 9.37 Å². The lowest BCUT2D eigenvalue weighted by atomic mass is 10.0. The zero-order chi connectivity index (χ0) is 32.8. The molecule has 1 fully saturated rings. The van der Waals surface area contributed by atoms with Crippen LogP contribution in [0.3, 0.4) is 0 Å². The molecule has 3 amide bonds. The Labute approximate surface area is 268 Å². The van der Waals surface area contributed by atoms with Crippen molar-refractivity contribution in [3.63, 3.8) is 0 Å². The van der Waals surface area contributed by atoms with Gasteiger partial charge in [0.1, 0.15) is 30.1 Å². The number of carbonyl (C=O) groups excluding carboxylic acids is 3. The molecule has 2 unspecified atom stereocenters.